The lowest BCUT2D eigenvalue weighted by molar-refractivity contribution is -0.143. The summed E-state index contributed by atoms with van der Waals surface area (Å²) in [6, 6.07) is 16.0. The third kappa shape index (κ3) is 5.42. The van der Waals surface area contributed by atoms with Crippen LogP contribution in [0.4, 0.5) is 0 Å². The Balaban J connectivity index is 1.62. The zero-order valence-electron chi connectivity index (χ0n) is 22.9. The number of halogens is 1. The number of aryl methyl sites for hydroxylation is 1. The molecule has 0 radical (unpaired) electrons. The van der Waals surface area contributed by atoms with Crippen molar-refractivity contribution in [2.75, 3.05) is 6.61 Å². The molecular weight excluding hydrogens is 548 g/mol. The minimum absolute atomic E-state index is 0.276. The molecule has 0 N–H and O–H groups in total. The van der Waals surface area contributed by atoms with Gasteiger partial charge in [-0.25, -0.2) is 9.79 Å². The van der Waals surface area contributed by atoms with Crippen LogP contribution in [0.15, 0.2) is 80.1 Å². The lowest BCUT2D eigenvalue weighted by Gasteiger charge is -2.25. The van der Waals surface area contributed by atoms with E-state index in [1.807, 2.05) is 68.4 Å². The molecule has 0 saturated heterocycles. The third-order valence-corrected chi connectivity index (χ3v) is 7.67. The van der Waals surface area contributed by atoms with Crippen molar-refractivity contribution in [2.24, 2.45) is 4.99 Å². The van der Waals surface area contributed by atoms with Crippen LogP contribution in [0, 0.1) is 6.92 Å². The van der Waals surface area contributed by atoms with E-state index in [9.17, 15) is 9.59 Å². The predicted octanol–water partition coefficient (Wildman–Crippen LogP) is 5.81. The second kappa shape index (κ2) is 11.3. The number of nitrogens with zero attached hydrogens (tertiary/aromatic N) is 2. The van der Waals surface area contributed by atoms with Gasteiger partial charge in [0.25, 0.3) is 5.56 Å². The number of ether oxygens (including phenoxy) is 2. The summed E-state index contributed by atoms with van der Waals surface area (Å²) in [7, 11) is 0. The maximum Gasteiger partial charge on any atom is 0.338 e. The van der Waals surface area contributed by atoms with Crippen molar-refractivity contribution < 1.29 is 18.7 Å². The van der Waals surface area contributed by atoms with Crippen molar-refractivity contribution in [1.82, 2.24) is 4.57 Å². The molecule has 206 valence electrons. The minimum Gasteiger partial charge on any atom is -0.494 e. The normalized spacial score (nSPS) is 15.3. The Labute approximate surface area is 240 Å². The fourth-order valence-corrected chi connectivity index (χ4v) is 5.85. The lowest BCUT2D eigenvalue weighted by Crippen LogP contribution is -2.40. The molecule has 1 aliphatic heterocycles. The van der Waals surface area contributed by atoms with Gasteiger partial charge in [0.2, 0.25) is 0 Å². The highest BCUT2D eigenvalue weighted by atomic mass is 35.5. The van der Waals surface area contributed by atoms with E-state index in [2.05, 4.69) is 4.99 Å². The van der Waals surface area contributed by atoms with Gasteiger partial charge >= 0.3 is 5.97 Å². The van der Waals surface area contributed by atoms with E-state index in [0.29, 0.717) is 49.5 Å². The van der Waals surface area contributed by atoms with Gasteiger partial charge in [0.15, 0.2) is 4.80 Å². The second-order valence-electron chi connectivity index (χ2n) is 9.70. The molecule has 0 fully saturated rings. The van der Waals surface area contributed by atoms with Gasteiger partial charge < -0.3 is 13.9 Å². The molecule has 0 amide bonds. The summed E-state index contributed by atoms with van der Waals surface area (Å²) in [5.74, 6) is 1.37. The molecule has 2 aromatic carbocycles. The number of benzene rings is 2. The molecule has 0 spiro atoms. The largest absolute Gasteiger partial charge is 0.494 e. The summed E-state index contributed by atoms with van der Waals surface area (Å²) in [6.45, 7) is 9.77. The van der Waals surface area contributed by atoms with Crippen LogP contribution in [0.5, 0.6) is 5.75 Å². The van der Waals surface area contributed by atoms with Crippen LogP contribution < -0.4 is 19.6 Å². The first-order chi connectivity index (χ1) is 19.2. The third-order valence-electron chi connectivity index (χ3n) is 6.46. The topological polar surface area (TPSA) is 83.0 Å². The molecule has 5 rings (SSSR count). The molecule has 3 heterocycles. The number of rotatable bonds is 7. The van der Waals surface area contributed by atoms with E-state index in [1.54, 1.807) is 31.4 Å². The van der Waals surface area contributed by atoms with E-state index < -0.39 is 12.0 Å². The first-order valence-electron chi connectivity index (χ1n) is 13.0. The highest BCUT2D eigenvalue weighted by Gasteiger charge is 2.33. The number of esters is 1. The molecule has 0 bridgehead atoms. The summed E-state index contributed by atoms with van der Waals surface area (Å²) in [5.41, 5.74) is 3.21. The standard InChI is InChI=1S/C31H29ClN2O5S/c1-6-37-22-11-8-20(9-12-22)28-27(30(36)38-17(2)3)19(5)33-31-34(28)29(35)26(40-31)16-23-13-14-25(39-23)24-15-21(32)10-7-18(24)4/h7-17,28H,6H2,1-5H3/b26-16+/t28-/m0/s1. The summed E-state index contributed by atoms with van der Waals surface area (Å²) in [6.07, 6.45) is 1.38. The van der Waals surface area contributed by atoms with Crippen LogP contribution in [-0.2, 0) is 9.53 Å². The van der Waals surface area contributed by atoms with Crippen molar-refractivity contribution >= 4 is 35.0 Å². The first-order valence-corrected chi connectivity index (χ1v) is 14.2. The molecule has 0 aliphatic carbocycles. The van der Waals surface area contributed by atoms with Gasteiger partial charge in [0.1, 0.15) is 17.3 Å². The quantitative estimate of drug-likeness (QED) is 0.259. The Bertz CT molecular complexity index is 1790. The van der Waals surface area contributed by atoms with Crippen molar-refractivity contribution in [3.8, 4) is 17.1 Å². The van der Waals surface area contributed by atoms with Gasteiger partial charge in [-0.2, -0.15) is 0 Å². The number of hydrogen-bond donors (Lipinski definition) is 0. The number of allylic oxidation sites excluding steroid dienone is 1. The number of thiazole rings is 1. The Kier molecular flexibility index (Phi) is 7.83. The maximum absolute atomic E-state index is 13.9. The van der Waals surface area contributed by atoms with Crippen molar-refractivity contribution in [3.05, 3.63) is 107 Å². The molecule has 0 saturated carbocycles. The molecule has 7 nitrogen and oxygen atoms in total. The van der Waals surface area contributed by atoms with Crippen LogP contribution in [0.25, 0.3) is 17.4 Å². The SMILES string of the molecule is CCOc1ccc([C@H]2C(C(=O)OC(C)C)=C(C)N=c3s/c(=C/c4ccc(-c5cc(Cl)ccc5C)o4)c(=O)n32)cc1. The highest BCUT2D eigenvalue weighted by molar-refractivity contribution is 7.07. The average molecular weight is 577 g/mol. The Morgan fingerprint density at radius 3 is 2.60 bits per heavy atom. The lowest BCUT2D eigenvalue weighted by atomic mass is 9.96. The number of fused-ring (bicyclic) bond motifs is 1. The fourth-order valence-electron chi connectivity index (χ4n) is 4.65. The van der Waals surface area contributed by atoms with Gasteiger partial charge in [-0.15, -0.1) is 0 Å². The molecule has 2 aromatic heterocycles. The Morgan fingerprint density at radius 2 is 1.90 bits per heavy atom. The minimum atomic E-state index is -0.707. The number of carbonyl (C=O) groups excluding carboxylic acids is 1. The van der Waals surface area contributed by atoms with E-state index in [4.69, 9.17) is 25.5 Å². The summed E-state index contributed by atoms with van der Waals surface area (Å²) >= 11 is 7.44. The van der Waals surface area contributed by atoms with E-state index in [-0.39, 0.29) is 11.7 Å². The molecule has 4 aromatic rings. The van der Waals surface area contributed by atoms with Gasteiger partial charge in [-0.1, -0.05) is 41.1 Å². The van der Waals surface area contributed by atoms with Crippen LogP contribution in [0.2, 0.25) is 5.02 Å². The zero-order chi connectivity index (χ0) is 28.6. The second-order valence-corrected chi connectivity index (χ2v) is 11.1. The van der Waals surface area contributed by atoms with Crippen molar-refractivity contribution in [3.63, 3.8) is 0 Å². The predicted molar refractivity (Wildman–Crippen MR) is 156 cm³/mol. The number of furan rings is 1. The molecule has 1 atom stereocenters. The molecule has 1 aliphatic rings. The monoisotopic (exact) mass is 576 g/mol. The van der Waals surface area contributed by atoms with E-state index in [1.165, 1.54) is 11.3 Å². The summed E-state index contributed by atoms with van der Waals surface area (Å²) in [5, 5.41) is 0.614. The van der Waals surface area contributed by atoms with Gasteiger partial charge in [-0.05, 0) is 82.1 Å². The molecular formula is C31H29ClN2O5S. The van der Waals surface area contributed by atoms with E-state index in [0.717, 1.165) is 16.7 Å². The summed E-state index contributed by atoms with van der Waals surface area (Å²) < 4.78 is 19.2. The fraction of sp³-hybridized carbons (Fsp3) is 0.258. The van der Waals surface area contributed by atoms with Gasteiger partial charge in [0.05, 0.1) is 34.6 Å². The van der Waals surface area contributed by atoms with Crippen LogP contribution in [-0.4, -0.2) is 23.2 Å². The maximum atomic E-state index is 13.9. The van der Waals surface area contributed by atoms with Crippen LogP contribution >= 0.6 is 22.9 Å². The van der Waals surface area contributed by atoms with Gasteiger partial charge in [0, 0.05) is 16.7 Å². The highest BCUT2D eigenvalue weighted by Crippen LogP contribution is 2.32. The number of aromatic nitrogens is 1. The average Bonchev–Trinajstić information content (AvgIpc) is 3.49. The van der Waals surface area contributed by atoms with Gasteiger partial charge in [-0.3, -0.25) is 9.36 Å². The zero-order valence-corrected chi connectivity index (χ0v) is 24.4. The van der Waals surface area contributed by atoms with Crippen molar-refractivity contribution in [1.29, 1.82) is 0 Å². The molecule has 9 heteroatoms. The van der Waals surface area contributed by atoms with E-state index >= 15 is 0 Å². The first kappa shape index (κ1) is 27.7. The Hall–Kier alpha value is -3.88. The van der Waals surface area contributed by atoms with Crippen LogP contribution in [0.3, 0.4) is 0 Å². The Morgan fingerprint density at radius 1 is 1.15 bits per heavy atom. The summed E-state index contributed by atoms with van der Waals surface area (Å²) in [4.78, 5) is 32.3. The molecule has 0 unspecified atom stereocenters. The van der Waals surface area contributed by atoms with Crippen molar-refractivity contribution in [2.45, 2.75) is 46.8 Å². The molecule has 40 heavy (non-hydrogen) atoms. The number of hydrogen-bond acceptors (Lipinski definition) is 7. The van der Waals surface area contributed by atoms with Crippen LogP contribution in [0.1, 0.15) is 50.6 Å². The smallest absolute Gasteiger partial charge is 0.338 e. The number of carbonyl (C=O) groups is 1.